The summed E-state index contributed by atoms with van der Waals surface area (Å²) >= 11 is 0. The van der Waals surface area contributed by atoms with Crippen molar-refractivity contribution in [1.82, 2.24) is 0 Å². The number of hydrogen-bond acceptors (Lipinski definition) is 4. The summed E-state index contributed by atoms with van der Waals surface area (Å²) in [6.07, 6.45) is 5.49. The van der Waals surface area contributed by atoms with Gasteiger partial charge in [-0.15, -0.1) is 0 Å². The van der Waals surface area contributed by atoms with Gasteiger partial charge in [-0.2, -0.15) is 5.26 Å². The molecule has 3 unspecified atom stereocenters. The monoisotopic (exact) mass is 223 g/mol. The standard InChI is InChI=1S/C12H17NO3/c13-7-3-11-5-9-15-12(16-11)6-1-2-10(12)4-8-14/h8,10-11H,1-6,9H2. The van der Waals surface area contributed by atoms with Crippen molar-refractivity contribution in [3.05, 3.63) is 0 Å². The van der Waals surface area contributed by atoms with E-state index in [9.17, 15) is 4.79 Å². The number of nitrogens with zero attached hydrogens (tertiary/aromatic N) is 1. The molecular weight excluding hydrogens is 206 g/mol. The van der Waals surface area contributed by atoms with Crippen LogP contribution in [0.25, 0.3) is 0 Å². The van der Waals surface area contributed by atoms with Gasteiger partial charge in [0.25, 0.3) is 0 Å². The van der Waals surface area contributed by atoms with Gasteiger partial charge < -0.3 is 14.3 Å². The van der Waals surface area contributed by atoms with E-state index in [1.807, 2.05) is 0 Å². The summed E-state index contributed by atoms with van der Waals surface area (Å²) < 4.78 is 11.7. The quantitative estimate of drug-likeness (QED) is 0.684. The highest BCUT2D eigenvalue weighted by atomic mass is 16.7. The molecule has 1 spiro atoms. The molecule has 0 aromatic rings. The lowest BCUT2D eigenvalue weighted by atomic mass is 9.97. The number of aldehydes is 1. The Morgan fingerprint density at radius 1 is 1.50 bits per heavy atom. The zero-order valence-corrected chi connectivity index (χ0v) is 9.35. The van der Waals surface area contributed by atoms with Crippen molar-refractivity contribution >= 4 is 6.29 Å². The molecule has 0 aromatic heterocycles. The van der Waals surface area contributed by atoms with E-state index in [1.165, 1.54) is 0 Å². The number of carbonyl (C=O) groups excluding carboxylic acids is 1. The van der Waals surface area contributed by atoms with E-state index in [4.69, 9.17) is 14.7 Å². The lowest BCUT2D eigenvalue weighted by Gasteiger charge is -2.41. The Hall–Kier alpha value is -0.920. The largest absolute Gasteiger partial charge is 0.350 e. The van der Waals surface area contributed by atoms with Crippen molar-refractivity contribution in [3.8, 4) is 6.07 Å². The average molecular weight is 223 g/mol. The summed E-state index contributed by atoms with van der Waals surface area (Å²) in [6.45, 7) is 0.641. The molecule has 1 heterocycles. The topological polar surface area (TPSA) is 59.3 Å². The first kappa shape index (κ1) is 11.6. The van der Waals surface area contributed by atoms with Crippen LogP contribution < -0.4 is 0 Å². The number of rotatable bonds is 3. The van der Waals surface area contributed by atoms with Crippen LogP contribution in [0.3, 0.4) is 0 Å². The van der Waals surface area contributed by atoms with Gasteiger partial charge in [0, 0.05) is 18.8 Å². The van der Waals surface area contributed by atoms with Crippen LogP contribution in [0.5, 0.6) is 0 Å². The molecule has 0 bridgehead atoms. The average Bonchev–Trinajstić information content (AvgIpc) is 2.63. The summed E-state index contributed by atoms with van der Waals surface area (Å²) in [5.41, 5.74) is 0. The van der Waals surface area contributed by atoms with E-state index in [2.05, 4.69) is 6.07 Å². The zero-order valence-electron chi connectivity index (χ0n) is 9.35. The third-order valence-electron chi connectivity index (χ3n) is 3.55. The van der Waals surface area contributed by atoms with E-state index in [0.717, 1.165) is 32.0 Å². The van der Waals surface area contributed by atoms with Crippen molar-refractivity contribution < 1.29 is 14.3 Å². The van der Waals surface area contributed by atoms with E-state index in [0.29, 0.717) is 19.4 Å². The summed E-state index contributed by atoms with van der Waals surface area (Å²) in [6, 6.07) is 2.14. The van der Waals surface area contributed by atoms with Crippen molar-refractivity contribution in [2.45, 2.75) is 50.4 Å². The fourth-order valence-electron chi connectivity index (χ4n) is 2.76. The second-order valence-electron chi connectivity index (χ2n) is 4.54. The molecule has 1 saturated carbocycles. The predicted octanol–water partition coefficient (Wildman–Crippen LogP) is 1.79. The van der Waals surface area contributed by atoms with Crippen molar-refractivity contribution in [1.29, 1.82) is 5.26 Å². The highest BCUT2D eigenvalue weighted by molar-refractivity contribution is 5.50. The highest BCUT2D eigenvalue weighted by Gasteiger charge is 2.48. The first-order chi connectivity index (χ1) is 7.80. The van der Waals surface area contributed by atoms with Crippen LogP contribution in [0.4, 0.5) is 0 Å². The fraction of sp³-hybridized carbons (Fsp3) is 0.833. The molecule has 1 aliphatic carbocycles. The molecule has 1 saturated heterocycles. The van der Waals surface area contributed by atoms with Gasteiger partial charge in [0.15, 0.2) is 5.79 Å². The SMILES string of the molecule is N#CCC1CCOC2(CCCC2CC=O)O1. The Labute approximate surface area is 95.5 Å². The van der Waals surface area contributed by atoms with Crippen LogP contribution in [-0.2, 0) is 14.3 Å². The molecule has 2 fully saturated rings. The van der Waals surface area contributed by atoms with Crippen LogP contribution >= 0.6 is 0 Å². The van der Waals surface area contributed by atoms with Crippen molar-refractivity contribution in [3.63, 3.8) is 0 Å². The van der Waals surface area contributed by atoms with Crippen molar-refractivity contribution in [2.24, 2.45) is 5.92 Å². The Morgan fingerprint density at radius 2 is 2.38 bits per heavy atom. The zero-order chi connectivity index (χ0) is 11.4. The third kappa shape index (κ3) is 2.11. The molecule has 0 aromatic carbocycles. The minimum absolute atomic E-state index is 0.0222. The molecule has 4 nitrogen and oxygen atoms in total. The Bertz CT molecular complexity index is 299. The van der Waals surface area contributed by atoms with E-state index in [-0.39, 0.29) is 12.0 Å². The number of hydrogen-bond donors (Lipinski definition) is 0. The molecule has 0 N–H and O–H groups in total. The van der Waals surface area contributed by atoms with Crippen LogP contribution in [-0.4, -0.2) is 24.8 Å². The molecule has 16 heavy (non-hydrogen) atoms. The van der Waals surface area contributed by atoms with Gasteiger partial charge in [-0.3, -0.25) is 0 Å². The molecule has 0 radical (unpaired) electrons. The van der Waals surface area contributed by atoms with Crippen molar-refractivity contribution in [2.75, 3.05) is 6.61 Å². The molecule has 0 amide bonds. The molecule has 4 heteroatoms. The number of nitriles is 1. The summed E-state index contributed by atoms with van der Waals surface area (Å²) in [7, 11) is 0. The highest BCUT2D eigenvalue weighted by Crippen LogP contribution is 2.44. The van der Waals surface area contributed by atoms with Crippen LogP contribution in [0.1, 0.15) is 38.5 Å². The van der Waals surface area contributed by atoms with Crippen LogP contribution in [0, 0.1) is 17.2 Å². The van der Waals surface area contributed by atoms with Gasteiger partial charge in [0.05, 0.1) is 25.2 Å². The number of ether oxygens (including phenoxy) is 2. The molecular formula is C12H17NO3. The van der Waals surface area contributed by atoms with Gasteiger partial charge in [0.2, 0.25) is 0 Å². The Kier molecular flexibility index (Phi) is 3.57. The molecule has 88 valence electrons. The fourth-order valence-corrected chi connectivity index (χ4v) is 2.76. The van der Waals surface area contributed by atoms with Crippen LogP contribution in [0.15, 0.2) is 0 Å². The lowest BCUT2D eigenvalue weighted by Crippen LogP contribution is -2.47. The van der Waals surface area contributed by atoms with Gasteiger partial charge in [-0.1, -0.05) is 0 Å². The normalized spacial score (nSPS) is 38.4. The second kappa shape index (κ2) is 4.94. The van der Waals surface area contributed by atoms with Gasteiger partial charge in [0.1, 0.15) is 6.29 Å². The maximum atomic E-state index is 10.6. The van der Waals surface area contributed by atoms with Gasteiger partial charge in [-0.25, -0.2) is 0 Å². The second-order valence-corrected chi connectivity index (χ2v) is 4.54. The summed E-state index contributed by atoms with van der Waals surface area (Å²) in [4.78, 5) is 10.6. The third-order valence-corrected chi connectivity index (χ3v) is 3.55. The summed E-state index contributed by atoms with van der Waals surface area (Å²) in [5, 5.41) is 8.69. The van der Waals surface area contributed by atoms with Gasteiger partial charge in [-0.05, 0) is 19.3 Å². The Morgan fingerprint density at radius 3 is 3.12 bits per heavy atom. The smallest absolute Gasteiger partial charge is 0.171 e. The minimum atomic E-state index is -0.569. The van der Waals surface area contributed by atoms with E-state index in [1.54, 1.807) is 0 Å². The first-order valence-corrected chi connectivity index (χ1v) is 5.93. The van der Waals surface area contributed by atoms with E-state index >= 15 is 0 Å². The molecule has 1 aliphatic heterocycles. The van der Waals surface area contributed by atoms with E-state index < -0.39 is 5.79 Å². The summed E-state index contributed by atoms with van der Waals surface area (Å²) in [5.74, 6) is -0.396. The first-order valence-electron chi connectivity index (χ1n) is 5.93. The molecule has 3 atom stereocenters. The van der Waals surface area contributed by atoms with Gasteiger partial charge >= 0.3 is 0 Å². The number of carbonyl (C=O) groups is 1. The molecule has 2 aliphatic rings. The predicted molar refractivity (Wildman–Crippen MR) is 56.4 cm³/mol. The Balaban J connectivity index is 2.05. The maximum absolute atomic E-state index is 10.6. The minimum Gasteiger partial charge on any atom is -0.350 e. The molecule has 2 rings (SSSR count). The maximum Gasteiger partial charge on any atom is 0.171 e. The van der Waals surface area contributed by atoms with Crippen LogP contribution in [0.2, 0.25) is 0 Å². The lowest BCUT2D eigenvalue weighted by molar-refractivity contribution is -0.307.